The van der Waals surface area contributed by atoms with Crippen LogP contribution >= 0.6 is 11.3 Å². The van der Waals surface area contributed by atoms with Gasteiger partial charge in [0, 0.05) is 29.7 Å². The van der Waals surface area contributed by atoms with Gasteiger partial charge in [0.15, 0.2) is 0 Å². The molecule has 0 aromatic carbocycles. The third kappa shape index (κ3) is 3.78. The molecular weight excluding hydrogens is 262 g/mol. The molecule has 2 heterocycles. The number of thiazole rings is 1. The summed E-state index contributed by atoms with van der Waals surface area (Å²) in [6.07, 6.45) is 3.39. The maximum atomic E-state index is 12.1. The van der Waals surface area contributed by atoms with Gasteiger partial charge >= 0.3 is 6.09 Å². The van der Waals surface area contributed by atoms with Crippen LogP contribution in [-0.2, 0) is 4.74 Å². The highest BCUT2D eigenvalue weighted by Gasteiger charge is 2.27. The molecule has 0 saturated heterocycles. The molecule has 2 N–H and O–H groups in total. The van der Waals surface area contributed by atoms with Crippen molar-refractivity contribution in [3.8, 4) is 0 Å². The lowest BCUT2D eigenvalue weighted by Crippen LogP contribution is -2.46. The van der Waals surface area contributed by atoms with E-state index in [9.17, 15) is 4.79 Å². The van der Waals surface area contributed by atoms with E-state index in [1.807, 2.05) is 32.2 Å². The normalized spacial score (nSPS) is 20.1. The summed E-state index contributed by atoms with van der Waals surface area (Å²) in [5.41, 5.74) is 6.46. The van der Waals surface area contributed by atoms with Crippen LogP contribution < -0.4 is 5.73 Å². The lowest BCUT2D eigenvalue weighted by Gasteiger charge is -2.32. The maximum Gasteiger partial charge on any atom is 0.410 e. The first kappa shape index (κ1) is 14.0. The third-order valence-corrected chi connectivity index (χ3v) is 3.42. The summed E-state index contributed by atoms with van der Waals surface area (Å²) < 4.78 is 5.38. The number of hydrogen-bond acceptors (Lipinski definition) is 5. The molecule has 0 aliphatic carbocycles. The van der Waals surface area contributed by atoms with E-state index >= 15 is 0 Å². The molecule has 1 amide bonds. The fraction of sp³-hybridized carbons (Fsp3) is 0.538. The van der Waals surface area contributed by atoms with Crippen molar-refractivity contribution in [2.45, 2.75) is 32.4 Å². The first-order valence-corrected chi connectivity index (χ1v) is 7.07. The molecule has 0 fully saturated rings. The highest BCUT2D eigenvalue weighted by atomic mass is 32.1. The molecule has 0 saturated carbocycles. The molecule has 0 radical (unpaired) electrons. The van der Waals surface area contributed by atoms with Crippen LogP contribution in [0, 0.1) is 0 Å². The minimum absolute atomic E-state index is 0.180. The van der Waals surface area contributed by atoms with Crippen LogP contribution in [0.4, 0.5) is 4.79 Å². The van der Waals surface area contributed by atoms with E-state index in [1.54, 1.807) is 22.4 Å². The number of nitrogens with zero attached hydrogens (tertiary/aromatic N) is 2. The summed E-state index contributed by atoms with van der Waals surface area (Å²) in [7, 11) is 0. The molecule has 1 aliphatic rings. The van der Waals surface area contributed by atoms with Crippen LogP contribution in [0.1, 0.15) is 25.8 Å². The van der Waals surface area contributed by atoms with E-state index in [2.05, 4.69) is 4.98 Å². The fourth-order valence-corrected chi connectivity index (χ4v) is 2.53. The number of ether oxygens (including phenoxy) is 1. The van der Waals surface area contributed by atoms with Crippen molar-refractivity contribution in [1.82, 2.24) is 9.88 Å². The number of nitrogens with two attached hydrogens (primary N) is 1. The molecule has 0 spiro atoms. The highest BCUT2D eigenvalue weighted by molar-refractivity contribution is 7.10. The molecule has 1 aliphatic heterocycles. The number of carbonyl (C=O) groups excluding carboxylic acids is 1. The molecule has 0 bridgehead atoms. The predicted octanol–water partition coefficient (Wildman–Crippen LogP) is 2.10. The standard InChI is InChI=1S/C13H19N3O2S/c1-13(2,3)18-12(17)16-7-9(6-10(14)8-16)11-15-4-5-19-11/h4-6,10H,7-8,14H2,1-3H3. The molecule has 2 rings (SSSR count). The molecule has 1 aromatic rings. The van der Waals surface area contributed by atoms with Crippen LogP contribution in [-0.4, -0.2) is 40.7 Å². The van der Waals surface area contributed by atoms with Crippen LogP contribution in [0.25, 0.3) is 5.57 Å². The smallest absolute Gasteiger partial charge is 0.410 e. The van der Waals surface area contributed by atoms with Crippen molar-refractivity contribution in [2.24, 2.45) is 5.73 Å². The lowest BCUT2D eigenvalue weighted by molar-refractivity contribution is 0.0265. The van der Waals surface area contributed by atoms with Crippen molar-refractivity contribution in [3.05, 3.63) is 22.7 Å². The van der Waals surface area contributed by atoms with Gasteiger partial charge in [0.1, 0.15) is 10.6 Å². The molecule has 1 unspecified atom stereocenters. The number of carbonyl (C=O) groups is 1. The Hall–Kier alpha value is -1.40. The number of amides is 1. The topological polar surface area (TPSA) is 68.5 Å². The first-order chi connectivity index (χ1) is 8.85. The summed E-state index contributed by atoms with van der Waals surface area (Å²) in [6, 6.07) is -0.180. The second-order valence-corrected chi connectivity index (χ2v) is 6.45. The van der Waals surface area contributed by atoms with Gasteiger partial charge in [0.05, 0.1) is 6.54 Å². The molecule has 6 heteroatoms. The van der Waals surface area contributed by atoms with Gasteiger partial charge in [-0.2, -0.15) is 0 Å². The minimum Gasteiger partial charge on any atom is -0.444 e. The second-order valence-electron chi connectivity index (χ2n) is 5.55. The molecular formula is C13H19N3O2S. The monoisotopic (exact) mass is 281 g/mol. The summed E-state index contributed by atoms with van der Waals surface area (Å²) in [5.74, 6) is 0. The van der Waals surface area contributed by atoms with Gasteiger partial charge in [-0.25, -0.2) is 9.78 Å². The van der Waals surface area contributed by atoms with Crippen LogP contribution in [0.3, 0.4) is 0 Å². The van der Waals surface area contributed by atoms with Crippen molar-refractivity contribution >= 4 is 23.0 Å². The average molecular weight is 281 g/mol. The van der Waals surface area contributed by atoms with Gasteiger partial charge in [-0.15, -0.1) is 11.3 Å². The minimum atomic E-state index is -0.496. The van der Waals surface area contributed by atoms with Crippen molar-refractivity contribution < 1.29 is 9.53 Å². The van der Waals surface area contributed by atoms with Gasteiger partial charge in [0.25, 0.3) is 0 Å². The van der Waals surface area contributed by atoms with E-state index < -0.39 is 5.60 Å². The first-order valence-electron chi connectivity index (χ1n) is 6.19. The Kier molecular flexibility index (Phi) is 3.91. The van der Waals surface area contributed by atoms with Gasteiger partial charge < -0.3 is 15.4 Å². The molecule has 1 atom stereocenters. The number of aromatic nitrogens is 1. The van der Waals surface area contributed by atoms with Gasteiger partial charge in [0.2, 0.25) is 0 Å². The molecule has 104 valence electrons. The maximum absolute atomic E-state index is 12.1. The quantitative estimate of drug-likeness (QED) is 0.856. The third-order valence-electron chi connectivity index (χ3n) is 2.57. The van der Waals surface area contributed by atoms with E-state index in [-0.39, 0.29) is 12.1 Å². The highest BCUT2D eigenvalue weighted by Crippen LogP contribution is 2.23. The summed E-state index contributed by atoms with van der Waals surface area (Å²) in [4.78, 5) is 18.0. The SMILES string of the molecule is CC(C)(C)OC(=O)N1CC(c2nccs2)=CC(N)C1. The zero-order chi connectivity index (χ0) is 14.0. The molecule has 1 aromatic heterocycles. The zero-order valence-electron chi connectivity index (χ0n) is 11.4. The largest absolute Gasteiger partial charge is 0.444 e. The summed E-state index contributed by atoms with van der Waals surface area (Å²) in [6.45, 7) is 6.53. The Morgan fingerprint density at radius 2 is 2.32 bits per heavy atom. The Morgan fingerprint density at radius 1 is 1.58 bits per heavy atom. The molecule has 5 nitrogen and oxygen atoms in total. The Morgan fingerprint density at radius 3 is 2.89 bits per heavy atom. The number of rotatable bonds is 1. The van der Waals surface area contributed by atoms with Crippen LogP contribution in [0.2, 0.25) is 0 Å². The zero-order valence-corrected chi connectivity index (χ0v) is 12.2. The van der Waals surface area contributed by atoms with Gasteiger partial charge in [-0.3, -0.25) is 0 Å². The van der Waals surface area contributed by atoms with Gasteiger partial charge in [-0.1, -0.05) is 6.08 Å². The van der Waals surface area contributed by atoms with E-state index in [1.165, 1.54) is 0 Å². The van der Waals surface area contributed by atoms with Crippen LogP contribution in [0.15, 0.2) is 17.7 Å². The van der Waals surface area contributed by atoms with Gasteiger partial charge in [-0.05, 0) is 20.8 Å². The van der Waals surface area contributed by atoms with E-state index in [4.69, 9.17) is 10.5 Å². The fourth-order valence-electron chi connectivity index (χ4n) is 1.87. The van der Waals surface area contributed by atoms with E-state index in [0.29, 0.717) is 13.1 Å². The van der Waals surface area contributed by atoms with E-state index in [0.717, 1.165) is 10.6 Å². The molecule has 19 heavy (non-hydrogen) atoms. The van der Waals surface area contributed by atoms with Crippen molar-refractivity contribution in [3.63, 3.8) is 0 Å². The predicted molar refractivity (Wildman–Crippen MR) is 75.9 cm³/mol. The second kappa shape index (κ2) is 5.30. The lowest BCUT2D eigenvalue weighted by atomic mass is 10.1. The summed E-state index contributed by atoms with van der Waals surface area (Å²) in [5, 5.41) is 2.82. The Balaban J connectivity index is 2.10. The Labute approximate surface area is 117 Å². The summed E-state index contributed by atoms with van der Waals surface area (Å²) >= 11 is 1.54. The van der Waals surface area contributed by atoms with Crippen molar-refractivity contribution in [2.75, 3.05) is 13.1 Å². The average Bonchev–Trinajstić information content (AvgIpc) is 2.79. The Bertz CT molecular complexity index is 477. The van der Waals surface area contributed by atoms with Crippen LogP contribution in [0.5, 0.6) is 0 Å². The number of hydrogen-bond donors (Lipinski definition) is 1. The van der Waals surface area contributed by atoms with Crippen molar-refractivity contribution in [1.29, 1.82) is 0 Å².